The van der Waals surface area contributed by atoms with Crippen LogP contribution >= 0.6 is 0 Å². The van der Waals surface area contributed by atoms with E-state index in [-0.39, 0.29) is 11.9 Å². The van der Waals surface area contributed by atoms with E-state index >= 15 is 0 Å². The molecule has 0 aliphatic carbocycles. The fraction of sp³-hybridized carbons (Fsp3) is 0.650. The lowest BCUT2D eigenvalue weighted by molar-refractivity contribution is -0.126. The van der Waals surface area contributed by atoms with Gasteiger partial charge in [0.2, 0.25) is 5.91 Å². The van der Waals surface area contributed by atoms with Crippen molar-refractivity contribution in [3.05, 3.63) is 29.8 Å². The molecule has 1 fully saturated rings. The first-order valence-electron chi connectivity index (χ1n) is 9.44. The number of hydrogen-bond donors (Lipinski definition) is 1. The number of likely N-dealkylation sites (tertiary alicyclic amines) is 1. The van der Waals surface area contributed by atoms with E-state index in [4.69, 9.17) is 4.74 Å². The van der Waals surface area contributed by atoms with Crippen LogP contribution in [0, 0.1) is 0 Å². The summed E-state index contributed by atoms with van der Waals surface area (Å²) >= 11 is 0. The maximum atomic E-state index is 12.4. The minimum atomic E-state index is -0.0490. The highest BCUT2D eigenvalue weighted by atomic mass is 16.5. The van der Waals surface area contributed by atoms with Crippen LogP contribution in [0.15, 0.2) is 24.3 Å². The molecule has 1 aromatic carbocycles. The van der Waals surface area contributed by atoms with Crippen LogP contribution in [-0.2, 0) is 11.3 Å². The number of nitrogens with one attached hydrogen (secondary N) is 1. The second-order valence-corrected chi connectivity index (χ2v) is 6.69. The molecule has 24 heavy (non-hydrogen) atoms. The fourth-order valence-electron chi connectivity index (χ4n) is 3.06. The second kappa shape index (κ2) is 10.3. The predicted octanol–water partition coefficient (Wildman–Crippen LogP) is 3.75. The summed E-state index contributed by atoms with van der Waals surface area (Å²) in [5.41, 5.74) is 1.08. The first-order valence-corrected chi connectivity index (χ1v) is 9.44. The summed E-state index contributed by atoms with van der Waals surface area (Å²) in [6.45, 7) is 7.55. The predicted molar refractivity (Wildman–Crippen MR) is 98.2 cm³/mol. The Morgan fingerprint density at radius 1 is 1.25 bits per heavy atom. The zero-order valence-corrected chi connectivity index (χ0v) is 15.2. The summed E-state index contributed by atoms with van der Waals surface area (Å²) < 4.78 is 5.73. The van der Waals surface area contributed by atoms with Gasteiger partial charge in [0.15, 0.2) is 0 Å². The highest BCUT2D eigenvalue weighted by Gasteiger charge is 2.21. The van der Waals surface area contributed by atoms with Crippen molar-refractivity contribution in [2.75, 3.05) is 19.7 Å². The van der Waals surface area contributed by atoms with Crippen molar-refractivity contribution in [3.63, 3.8) is 0 Å². The molecular weight excluding hydrogens is 300 g/mol. The van der Waals surface area contributed by atoms with Gasteiger partial charge in [-0.3, -0.25) is 9.69 Å². The van der Waals surface area contributed by atoms with Gasteiger partial charge in [-0.15, -0.1) is 0 Å². The van der Waals surface area contributed by atoms with Gasteiger partial charge in [-0.25, -0.2) is 0 Å². The maximum Gasteiger partial charge on any atom is 0.237 e. The summed E-state index contributed by atoms with van der Waals surface area (Å²) in [6, 6.07) is 7.96. The number of rotatable bonds is 8. The lowest BCUT2D eigenvalue weighted by atomic mass is 10.2. The van der Waals surface area contributed by atoms with Crippen molar-refractivity contribution in [2.45, 2.75) is 65.0 Å². The Morgan fingerprint density at radius 2 is 2.00 bits per heavy atom. The van der Waals surface area contributed by atoms with Crippen LogP contribution in [-0.4, -0.2) is 36.5 Å². The van der Waals surface area contributed by atoms with Gasteiger partial charge in [-0.1, -0.05) is 38.3 Å². The van der Waals surface area contributed by atoms with E-state index in [0.29, 0.717) is 6.54 Å². The molecule has 1 N–H and O–H groups in total. The van der Waals surface area contributed by atoms with Crippen LogP contribution in [0.25, 0.3) is 0 Å². The van der Waals surface area contributed by atoms with Crippen molar-refractivity contribution >= 4 is 5.91 Å². The monoisotopic (exact) mass is 332 g/mol. The third-order valence-corrected chi connectivity index (χ3v) is 4.70. The molecule has 0 spiro atoms. The summed E-state index contributed by atoms with van der Waals surface area (Å²) in [6.07, 6.45) is 7.17. The number of amides is 1. The fourth-order valence-corrected chi connectivity index (χ4v) is 3.06. The molecule has 1 aliphatic rings. The number of nitrogens with zero attached hydrogens (tertiary/aromatic N) is 1. The van der Waals surface area contributed by atoms with Crippen molar-refractivity contribution in [2.24, 2.45) is 0 Å². The molecule has 1 amide bonds. The second-order valence-electron chi connectivity index (χ2n) is 6.69. The van der Waals surface area contributed by atoms with E-state index in [1.54, 1.807) is 0 Å². The lowest BCUT2D eigenvalue weighted by Crippen LogP contribution is -2.45. The molecule has 134 valence electrons. The van der Waals surface area contributed by atoms with Gasteiger partial charge >= 0.3 is 0 Å². The van der Waals surface area contributed by atoms with E-state index in [9.17, 15) is 4.79 Å². The van der Waals surface area contributed by atoms with E-state index < -0.39 is 0 Å². The Kier molecular flexibility index (Phi) is 8.10. The van der Waals surface area contributed by atoms with Crippen molar-refractivity contribution in [1.29, 1.82) is 0 Å². The summed E-state index contributed by atoms with van der Waals surface area (Å²) in [5, 5.41) is 3.07. The molecule has 4 nitrogen and oxygen atoms in total. The van der Waals surface area contributed by atoms with E-state index in [0.717, 1.165) is 43.9 Å². The Labute approximate surface area is 146 Å². The largest absolute Gasteiger partial charge is 0.494 e. The zero-order valence-electron chi connectivity index (χ0n) is 15.2. The summed E-state index contributed by atoms with van der Waals surface area (Å²) in [7, 11) is 0. The lowest BCUT2D eigenvalue weighted by Gasteiger charge is -2.26. The quantitative estimate of drug-likeness (QED) is 0.737. The Hall–Kier alpha value is -1.55. The first kappa shape index (κ1) is 18.8. The molecule has 0 aromatic heterocycles. The van der Waals surface area contributed by atoms with Crippen LogP contribution in [0.5, 0.6) is 5.75 Å². The van der Waals surface area contributed by atoms with E-state index in [1.165, 1.54) is 25.7 Å². The topological polar surface area (TPSA) is 41.6 Å². The van der Waals surface area contributed by atoms with E-state index in [2.05, 4.69) is 17.1 Å². The van der Waals surface area contributed by atoms with Crippen molar-refractivity contribution in [3.8, 4) is 5.75 Å². The first-order chi connectivity index (χ1) is 11.7. The van der Waals surface area contributed by atoms with Gasteiger partial charge in [-0.2, -0.15) is 0 Å². The number of ether oxygens (including phenoxy) is 1. The van der Waals surface area contributed by atoms with Gasteiger partial charge in [0.05, 0.1) is 12.6 Å². The Morgan fingerprint density at radius 3 is 2.71 bits per heavy atom. The molecule has 1 atom stereocenters. The molecule has 0 saturated carbocycles. The number of carbonyl (C=O) groups excluding carboxylic acids is 1. The third kappa shape index (κ3) is 6.16. The van der Waals surface area contributed by atoms with Crippen LogP contribution in [0.2, 0.25) is 0 Å². The average molecular weight is 332 g/mol. The third-order valence-electron chi connectivity index (χ3n) is 4.70. The average Bonchev–Trinajstić information content (AvgIpc) is 2.89. The highest BCUT2D eigenvalue weighted by Crippen LogP contribution is 2.15. The Bertz CT molecular complexity index is 496. The van der Waals surface area contributed by atoms with E-state index in [1.807, 2.05) is 31.2 Å². The number of unbranched alkanes of at least 4 members (excludes halogenated alkanes) is 1. The highest BCUT2D eigenvalue weighted by molar-refractivity contribution is 5.81. The molecule has 1 saturated heterocycles. The van der Waals surface area contributed by atoms with Crippen LogP contribution in [0.3, 0.4) is 0 Å². The normalized spacial score (nSPS) is 17.1. The summed E-state index contributed by atoms with van der Waals surface area (Å²) in [5.74, 6) is 1.00. The standard InChI is InChI=1S/C20H32N2O2/c1-3-4-14-24-19-11-9-10-18(15-19)16-21-20(23)17(2)22-12-7-5-6-8-13-22/h9-11,15,17H,3-8,12-14,16H2,1-2H3,(H,21,23). The molecule has 1 aliphatic heterocycles. The van der Waals surface area contributed by atoms with Crippen LogP contribution < -0.4 is 10.1 Å². The molecule has 4 heteroatoms. The van der Waals surface area contributed by atoms with Gasteiger partial charge < -0.3 is 10.1 Å². The SMILES string of the molecule is CCCCOc1cccc(CNC(=O)C(C)N2CCCCCC2)c1. The summed E-state index contributed by atoms with van der Waals surface area (Å²) in [4.78, 5) is 14.8. The van der Waals surface area contributed by atoms with Gasteiger partial charge in [0.25, 0.3) is 0 Å². The van der Waals surface area contributed by atoms with Crippen molar-refractivity contribution in [1.82, 2.24) is 10.2 Å². The molecule has 2 rings (SSSR count). The number of benzene rings is 1. The van der Waals surface area contributed by atoms with Crippen molar-refractivity contribution < 1.29 is 9.53 Å². The Balaban J connectivity index is 1.81. The van der Waals surface area contributed by atoms with Crippen LogP contribution in [0.1, 0.15) is 57.9 Å². The molecule has 1 aromatic rings. The molecule has 1 unspecified atom stereocenters. The zero-order chi connectivity index (χ0) is 17.2. The minimum Gasteiger partial charge on any atom is -0.494 e. The maximum absolute atomic E-state index is 12.4. The van der Waals surface area contributed by atoms with Crippen LogP contribution in [0.4, 0.5) is 0 Å². The van der Waals surface area contributed by atoms with Gasteiger partial charge in [-0.05, 0) is 57.0 Å². The van der Waals surface area contributed by atoms with Gasteiger partial charge in [0.1, 0.15) is 5.75 Å². The molecular formula is C20H32N2O2. The smallest absolute Gasteiger partial charge is 0.237 e. The molecule has 0 radical (unpaired) electrons. The number of hydrogen-bond acceptors (Lipinski definition) is 3. The number of carbonyl (C=O) groups is 1. The van der Waals surface area contributed by atoms with Gasteiger partial charge in [0, 0.05) is 6.54 Å². The molecule has 1 heterocycles. The molecule has 0 bridgehead atoms. The minimum absolute atomic E-state index is 0.0490.